The summed E-state index contributed by atoms with van der Waals surface area (Å²) in [5.41, 5.74) is 8.43. The van der Waals surface area contributed by atoms with Crippen molar-refractivity contribution in [3.63, 3.8) is 0 Å². The number of hydrogen-bond acceptors (Lipinski definition) is 3. The lowest BCUT2D eigenvalue weighted by Gasteiger charge is -2.24. The van der Waals surface area contributed by atoms with Crippen LogP contribution in [0.1, 0.15) is 32.4 Å². The molecule has 0 saturated heterocycles. The van der Waals surface area contributed by atoms with E-state index in [0.717, 1.165) is 36.2 Å². The Balaban J connectivity index is 0.00000338. The van der Waals surface area contributed by atoms with Crippen molar-refractivity contribution in [3.05, 3.63) is 41.8 Å². The number of carbonyl (C=O) groups excluding carboxylic acids is 1. The van der Waals surface area contributed by atoms with Gasteiger partial charge in [-0.1, -0.05) is 32.4 Å². The third-order valence-electron chi connectivity index (χ3n) is 4.61. The molecule has 0 fully saturated rings. The van der Waals surface area contributed by atoms with Gasteiger partial charge in [0.05, 0.1) is 11.7 Å². The first-order chi connectivity index (χ1) is 11.9. The van der Waals surface area contributed by atoms with Gasteiger partial charge in [-0.05, 0) is 37.0 Å². The van der Waals surface area contributed by atoms with Crippen molar-refractivity contribution < 1.29 is 9.18 Å². The van der Waals surface area contributed by atoms with E-state index in [1.165, 1.54) is 12.1 Å². The maximum atomic E-state index is 13.3. The first-order valence-corrected chi connectivity index (χ1v) is 8.73. The number of rotatable bonds is 8. The quantitative estimate of drug-likeness (QED) is 0.734. The first kappa shape index (κ1) is 22.1. The molecule has 2 unspecified atom stereocenters. The Morgan fingerprint density at radius 3 is 2.77 bits per heavy atom. The molecule has 3 N–H and O–H groups in total. The number of H-pyrrole nitrogens is 1. The van der Waals surface area contributed by atoms with E-state index in [4.69, 9.17) is 5.73 Å². The number of amides is 1. The number of aryl methyl sites for hydroxylation is 1. The van der Waals surface area contributed by atoms with E-state index in [2.05, 4.69) is 10.2 Å². The van der Waals surface area contributed by atoms with Gasteiger partial charge in [0.15, 0.2) is 0 Å². The van der Waals surface area contributed by atoms with E-state index in [1.54, 1.807) is 18.0 Å². The second-order valence-electron chi connectivity index (χ2n) is 6.56. The van der Waals surface area contributed by atoms with E-state index < -0.39 is 6.04 Å². The molecule has 7 heteroatoms. The molecule has 0 spiro atoms. The van der Waals surface area contributed by atoms with Crippen LogP contribution in [0.5, 0.6) is 0 Å². The second-order valence-corrected chi connectivity index (χ2v) is 6.56. The summed E-state index contributed by atoms with van der Waals surface area (Å²) in [4.78, 5) is 13.9. The van der Waals surface area contributed by atoms with E-state index in [-0.39, 0.29) is 30.0 Å². The van der Waals surface area contributed by atoms with Crippen molar-refractivity contribution in [1.29, 1.82) is 0 Å². The van der Waals surface area contributed by atoms with Crippen molar-refractivity contribution in [2.45, 2.75) is 39.2 Å². The number of nitrogens with one attached hydrogen (secondary N) is 1. The summed E-state index contributed by atoms with van der Waals surface area (Å²) >= 11 is 0. The minimum absolute atomic E-state index is 0. The zero-order valence-corrected chi connectivity index (χ0v) is 16.4. The standard InChI is InChI=1S/C19H27FN4O.ClH/c1-4-13(2)18(21)19(25)24(3)10-6-9-16-12-17(23-22-16)14-7-5-8-15(20)11-14;/h5,7-8,11-13,18H,4,6,9-10,21H2,1-3H3,(H,22,23);1H. The zero-order valence-electron chi connectivity index (χ0n) is 15.5. The van der Waals surface area contributed by atoms with Gasteiger partial charge in [-0.25, -0.2) is 4.39 Å². The number of aromatic amines is 1. The summed E-state index contributed by atoms with van der Waals surface area (Å²) in [6.07, 6.45) is 2.45. The van der Waals surface area contributed by atoms with Crippen LogP contribution < -0.4 is 5.73 Å². The predicted octanol–water partition coefficient (Wildman–Crippen LogP) is 3.40. The van der Waals surface area contributed by atoms with Crippen LogP contribution in [0.3, 0.4) is 0 Å². The molecule has 2 atom stereocenters. The third kappa shape index (κ3) is 5.81. The molecule has 1 aromatic heterocycles. The Labute approximate surface area is 160 Å². The summed E-state index contributed by atoms with van der Waals surface area (Å²) in [7, 11) is 1.79. The topological polar surface area (TPSA) is 75.0 Å². The molecular formula is C19H28ClFN4O. The molecule has 1 amide bonds. The molecule has 2 aromatic rings. The highest BCUT2D eigenvalue weighted by Gasteiger charge is 2.22. The van der Waals surface area contributed by atoms with Gasteiger partial charge in [0, 0.05) is 24.8 Å². The van der Waals surface area contributed by atoms with E-state index in [1.807, 2.05) is 26.0 Å². The number of halogens is 2. The molecule has 0 radical (unpaired) electrons. The van der Waals surface area contributed by atoms with Crippen LogP contribution in [0.4, 0.5) is 4.39 Å². The van der Waals surface area contributed by atoms with Gasteiger partial charge in [0.2, 0.25) is 5.91 Å². The Morgan fingerprint density at radius 2 is 2.12 bits per heavy atom. The summed E-state index contributed by atoms with van der Waals surface area (Å²) < 4.78 is 13.3. The van der Waals surface area contributed by atoms with Gasteiger partial charge in [-0.3, -0.25) is 9.89 Å². The fraction of sp³-hybridized carbons (Fsp3) is 0.474. The van der Waals surface area contributed by atoms with E-state index in [9.17, 15) is 9.18 Å². The van der Waals surface area contributed by atoms with E-state index in [0.29, 0.717) is 6.54 Å². The number of nitrogens with zero attached hydrogens (tertiary/aromatic N) is 2. The number of likely N-dealkylation sites (N-methyl/N-ethyl adjacent to an activating group) is 1. The van der Waals surface area contributed by atoms with Crippen molar-refractivity contribution in [2.75, 3.05) is 13.6 Å². The van der Waals surface area contributed by atoms with Crippen molar-refractivity contribution in [3.8, 4) is 11.3 Å². The molecule has 2 rings (SSSR count). The summed E-state index contributed by atoms with van der Waals surface area (Å²) in [6, 6.07) is 7.84. The fourth-order valence-corrected chi connectivity index (χ4v) is 2.65. The molecule has 26 heavy (non-hydrogen) atoms. The van der Waals surface area contributed by atoms with Crippen LogP contribution in [0.2, 0.25) is 0 Å². The Kier molecular flexibility index (Phi) is 8.75. The van der Waals surface area contributed by atoms with Gasteiger partial charge in [0.25, 0.3) is 0 Å². The highest BCUT2D eigenvalue weighted by molar-refractivity contribution is 5.85. The number of nitrogens with two attached hydrogens (primary N) is 1. The van der Waals surface area contributed by atoms with Crippen molar-refractivity contribution in [2.24, 2.45) is 11.7 Å². The Bertz CT molecular complexity index is 706. The first-order valence-electron chi connectivity index (χ1n) is 8.73. The number of aromatic nitrogens is 2. The zero-order chi connectivity index (χ0) is 18.4. The molecule has 1 aromatic carbocycles. The average Bonchev–Trinajstić information content (AvgIpc) is 3.08. The Morgan fingerprint density at radius 1 is 1.38 bits per heavy atom. The lowest BCUT2D eigenvalue weighted by molar-refractivity contribution is -0.132. The molecule has 0 aliphatic heterocycles. The largest absolute Gasteiger partial charge is 0.344 e. The lowest BCUT2D eigenvalue weighted by atomic mass is 9.99. The summed E-state index contributed by atoms with van der Waals surface area (Å²) in [5.74, 6) is -0.115. The summed E-state index contributed by atoms with van der Waals surface area (Å²) in [6.45, 7) is 4.67. The molecule has 0 saturated carbocycles. The summed E-state index contributed by atoms with van der Waals surface area (Å²) in [5, 5.41) is 7.21. The number of hydrogen-bond donors (Lipinski definition) is 2. The normalized spacial score (nSPS) is 13.0. The van der Waals surface area contributed by atoms with Crippen LogP contribution >= 0.6 is 12.4 Å². The van der Waals surface area contributed by atoms with Crippen LogP contribution in [0, 0.1) is 11.7 Å². The average molecular weight is 383 g/mol. The van der Waals surface area contributed by atoms with Gasteiger partial charge in [-0.2, -0.15) is 5.10 Å². The molecule has 1 heterocycles. The predicted molar refractivity (Wildman–Crippen MR) is 105 cm³/mol. The van der Waals surface area contributed by atoms with Gasteiger partial charge >= 0.3 is 0 Å². The number of carbonyl (C=O) groups is 1. The minimum atomic E-state index is -0.443. The monoisotopic (exact) mass is 382 g/mol. The maximum Gasteiger partial charge on any atom is 0.239 e. The smallest absolute Gasteiger partial charge is 0.239 e. The van der Waals surface area contributed by atoms with Crippen molar-refractivity contribution >= 4 is 18.3 Å². The molecule has 5 nitrogen and oxygen atoms in total. The maximum absolute atomic E-state index is 13.3. The highest BCUT2D eigenvalue weighted by atomic mass is 35.5. The van der Waals surface area contributed by atoms with E-state index >= 15 is 0 Å². The second kappa shape index (κ2) is 10.3. The molecular weight excluding hydrogens is 355 g/mol. The van der Waals surface area contributed by atoms with Crippen LogP contribution in [-0.4, -0.2) is 40.6 Å². The fourth-order valence-electron chi connectivity index (χ4n) is 2.65. The number of benzene rings is 1. The molecule has 0 aliphatic carbocycles. The van der Waals surface area contributed by atoms with Crippen molar-refractivity contribution in [1.82, 2.24) is 15.1 Å². The highest BCUT2D eigenvalue weighted by Crippen LogP contribution is 2.19. The third-order valence-corrected chi connectivity index (χ3v) is 4.61. The molecule has 0 bridgehead atoms. The Hall–Kier alpha value is -1.92. The molecule has 0 aliphatic rings. The van der Waals surface area contributed by atoms with Crippen LogP contribution in [-0.2, 0) is 11.2 Å². The van der Waals surface area contributed by atoms with Crippen LogP contribution in [0.15, 0.2) is 30.3 Å². The van der Waals surface area contributed by atoms with Crippen LogP contribution in [0.25, 0.3) is 11.3 Å². The molecule has 144 valence electrons. The SMILES string of the molecule is CCC(C)C(N)C(=O)N(C)CCCc1cc(-c2cccc(F)c2)n[nH]1.Cl. The lowest BCUT2D eigenvalue weighted by Crippen LogP contribution is -2.45. The minimum Gasteiger partial charge on any atom is -0.344 e. The van der Waals surface area contributed by atoms with Gasteiger partial charge in [-0.15, -0.1) is 12.4 Å². The van der Waals surface area contributed by atoms with Gasteiger partial charge < -0.3 is 10.6 Å². The van der Waals surface area contributed by atoms with Gasteiger partial charge in [0.1, 0.15) is 5.82 Å².